The average molecular weight is 621 g/mol. The minimum Gasteiger partial charge on any atom is -0.352 e. The first kappa shape index (κ1) is 30.4. The van der Waals surface area contributed by atoms with E-state index in [1.807, 2.05) is 20.8 Å². The van der Waals surface area contributed by atoms with Gasteiger partial charge < -0.3 is 10.2 Å². The van der Waals surface area contributed by atoms with Crippen molar-refractivity contribution >= 4 is 66.7 Å². The Morgan fingerprint density at radius 3 is 2.19 bits per heavy atom. The normalized spacial score (nSPS) is 13.1. The Bertz CT molecular complexity index is 1190. The first-order valence-electron chi connectivity index (χ1n) is 11.6. The van der Waals surface area contributed by atoms with E-state index in [2.05, 4.69) is 21.2 Å². The molecule has 2 atom stereocenters. The maximum absolute atomic E-state index is 13.8. The standard InChI is InChI=1S/C25H32BrCl2N3O4S/c1-6-17(4)29-25(33)23(7-2)30(14-19-21(27)9-8-10-22(19)28)24(32)15-31(36(5,34)35)18-11-12-20(26)16(3)13-18/h8-13,17,23H,6-7,14-15H2,1-5H3,(H,29,33)/t17-,23-/m1/s1. The van der Waals surface area contributed by atoms with Crippen LogP contribution in [0.1, 0.15) is 44.7 Å². The molecule has 0 aliphatic heterocycles. The van der Waals surface area contributed by atoms with E-state index < -0.39 is 28.5 Å². The number of benzene rings is 2. The molecule has 0 aliphatic rings. The van der Waals surface area contributed by atoms with Crippen LogP contribution < -0.4 is 9.62 Å². The number of carbonyl (C=O) groups excluding carboxylic acids is 2. The van der Waals surface area contributed by atoms with Gasteiger partial charge in [-0.1, -0.05) is 59.0 Å². The van der Waals surface area contributed by atoms with Gasteiger partial charge in [0.15, 0.2) is 0 Å². The molecule has 11 heteroatoms. The minimum absolute atomic E-state index is 0.0548. The molecule has 198 valence electrons. The summed E-state index contributed by atoms with van der Waals surface area (Å²) in [6.45, 7) is 6.90. The predicted octanol–water partition coefficient (Wildman–Crippen LogP) is 5.55. The molecule has 7 nitrogen and oxygen atoms in total. The summed E-state index contributed by atoms with van der Waals surface area (Å²) in [7, 11) is -3.82. The van der Waals surface area contributed by atoms with Crippen LogP contribution in [0.2, 0.25) is 10.0 Å². The Morgan fingerprint density at radius 1 is 1.08 bits per heavy atom. The first-order chi connectivity index (χ1) is 16.8. The van der Waals surface area contributed by atoms with E-state index in [1.54, 1.807) is 43.3 Å². The summed E-state index contributed by atoms with van der Waals surface area (Å²) in [6, 6.07) is 9.07. The first-order valence-corrected chi connectivity index (χ1v) is 15.0. The molecule has 0 aromatic heterocycles. The molecule has 0 bridgehead atoms. The summed E-state index contributed by atoms with van der Waals surface area (Å²) < 4.78 is 27.3. The van der Waals surface area contributed by atoms with E-state index in [0.29, 0.717) is 27.7 Å². The fourth-order valence-corrected chi connectivity index (χ4v) is 5.22. The maximum atomic E-state index is 13.8. The molecule has 0 fully saturated rings. The van der Waals surface area contributed by atoms with E-state index in [4.69, 9.17) is 23.2 Å². The van der Waals surface area contributed by atoms with Gasteiger partial charge in [-0.15, -0.1) is 0 Å². The third-order valence-corrected chi connectivity index (χ3v) is 8.62. The zero-order valence-electron chi connectivity index (χ0n) is 21.0. The summed E-state index contributed by atoms with van der Waals surface area (Å²) in [5.41, 5.74) is 1.64. The van der Waals surface area contributed by atoms with Crippen LogP contribution in [-0.4, -0.2) is 50.0 Å². The highest BCUT2D eigenvalue weighted by Crippen LogP contribution is 2.28. The second-order valence-electron chi connectivity index (χ2n) is 8.67. The fourth-order valence-electron chi connectivity index (χ4n) is 3.61. The smallest absolute Gasteiger partial charge is 0.244 e. The van der Waals surface area contributed by atoms with E-state index in [9.17, 15) is 18.0 Å². The van der Waals surface area contributed by atoms with Gasteiger partial charge in [-0.3, -0.25) is 13.9 Å². The SMILES string of the molecule is CC[C@@H](C)NC(=O)[C@@H](CC)N(Cc1c(Cl)cccc1Cl)C(=O)CN(c1ccc(Br)c(C)c1)S(C)(=O)=O. The summed E-state index contributed by atoms with van der Waals surface area (Å²) in [5.74, 6) is -0.878. The third-order valence-electron chi connectivity index (χ3n) is 5.89. The highest BCUT2D eigenvalue weighted by atomic mass is 79.9. The molecule has 2 aromatic carbocycles. The van der Waals surface area contributed by atoms with Gasteiger partial charge in [0, 0.05) is 32.7 Å². The molecule has 36 heavy (non-hydrogen) atoms. The Balaban J connectivity index is 2.52. The molecule has 0 aliphatic carbocycles. The highest BCUT2D eigenvalue weighted by Gasteiger charge is 2.33. The van der Waals surface area contributed by atoms with E-state index >= 15 is 0 Å². The number of halogens is 3. The third kappa shape index (κ3) is 7.84. The van der Waals surface area contributed by atoms with E-state index in [0.717, 1.165) is 27.0 Å². The molecule has 0 unspecified atom stereocenters. The Morgan fingerprint density at radius 2 is 1.69 bits per heavy atom. The number of sulfonamides is 1. The topological polar surface area (TPSA) is 86.8 Å². The molecule has 0 radical (unpaired) electrons. The van der Waals surface area contributed by atoms with Crippen molar-refractivity contribution in [1.29, 1.82) is 0 Å². The van der Waals surface area contributed by atoms with Gasteiger partial charge in [0.05, 0.1) is 11.9 Å². The number of aryl methyl sites for hydroxylation is 1. The molecular formula is C25H32BrCl2N3O4S. The number of hydrogen-bond donors (Lipinski definition) is 1. The van der Waals surface area contributed by atoms with Gasteiger partial charge in [0.2, 0.25) is 21.8 Å². The van der Waals surface area contributed by atoms with Crippen LogP contribution in [0.5, 0.6) is 0 Å². The number of nitrogens with zero attached hydrogens (tertiary/aromatic N) is 2. The Kier molecular flexibility index (Phi) is 11.1. The average Bonchev–Trinajstić information content (AvgIpc) is 2.80. The maximum Gasteiger partial charge on any atom is 0.244 e. The summed E-state index contributed by atoms with van der Waals surface area (Å²) in [6.07, 6.45) is 2.07. The summed E-state index contributed by atoms with van der Waals surface area (Å²) in [4.78, 5) is 28.3. The number of rotatable bonds is 11. The number of anilines is 1. The van der Waals surface area contributed by atoms with Crippen LogP contribution in [0.4, 0.5) is 5.69 Å². The number of amides is 2. The van der Waals surface area contributed by atoms with Crippen LogP contribution in [0, 0.1) is 6.92 Å². The van der Waals surface area contributed by atoms with Crippen molar-refractivity contribution in [3.8, 4) is 0 Å². The summed E-state index contributed by atoms with van der Waals surface area (Å²) in [5, 5.41) is 3.62. The van der Waals surface area contributed by atoms with E-state index in [1.165, 1.54) is 4.90 Å². The van der Waals surface area contributed by atoms with Gasteiger partial charge in [-0.05, 0) is 62.6 Å². The van der Waals surface area contributed by atoms with Crippen molar-refractivity contribution in [2.45, 2.75) is 59.2 Å². The van der Waals surface area contributed by atoms with Crippen LogP contribution in [0.25, 0.3) is 0 Å². The Labute approximate surface area is 232 Å². The van der Waals surface area contributed by atoms with Crippen molar-refractivity contribution in [2.75, 3.05) is 17.1 Å². The lowest BCUT2D eigenvalue weighted by molar-refractivity contribution is -0.140. The van der Waals surface area contributed by atoms with Crippen LogP contribution in [0.15, 0.2) is 40.9 Å². The second-order valence-corrected chi connectivity index (χ2v) is 12.2. The van der Waals surface area contributed by atoms with Crippen molar-refractivity contribution in [3.05, 3.63) is 62.0 Å². The molecule has 1 N–H and O–H groups in total. The van der Waals surface area contributed by atoms with Crippen molar-refractivity contribution in [3.63, 3.8) is 0 Å². The lowest BCUT2D eigenvalue weighted by atomic mass is 10.1. The number of hydrogen-bond acceptors (Lipinski definition) is 4. The monoisotopic (exact) mass is 619 g/mol. The Hall–Kier alpha value is -1.81. The van der Waals surface area contributed by atoms with Gasteiger partial charge >= 0.3 is 0 Å². The number of carbonyl (C=O) groups is 2. The van der Waals surface area contributed by atoms with Crippen LogP contribution in [0.3, 0.4) is 0 Å². The van der Waals surface area contributed by atoms with Crippen LogP contribution >= 0.6 is 39.1 Å². The van der Waals surface area contributed by atoms with Crippen molar-refractivity contribution < 1.29 is 18.0 Å². The fraction of sp³-hybridized carbons (Fsp3) is 0.440. The molecule has 2 rings (SSSR count). The molecule has 0 spiro atoms. The summed E-state index contributed by atoms with van der Waals surface area (Å²) >= 11 is 16.2. The predicted molar refractivity (Wildman–Crippen MR) is 150 cm³/mol. The van der Waals surface area contributed by atoms with Gasteiger partial charge in [-0.25, -0.2) is 8.42 Å². The molecule has 2 aromatic rings. The second kappa shape index (κ2) is 13.1. The minimum atomic E-state index is -3.82. The molecule has 2 amide bonds. The van der Waals surface area contributed by atoms with Crippen molar-refractivity contribution in [2.24, 2.45) is 0 Å². The van der Waals surface area contributed by atoms with Crippen LogP contribution in [-0.2, 0) is 26.2 Å². The largest absolute Gasteiger partial charge is 0.352 e. The molecule has 0 saturated heterocycles. The molecule has 0 saturated carbocycles. The molecule has 0 heterocycles. The zero-order valence-corrected chi connectivity index (χ0v) is 24.9. The lowest BCUT2D eigenvalue weighted by Gasteiger charge is -2.33. The van der Waals surface area contributed by atoms with Gasteiger partial charge in [-0.2, -0.15) is 0 Å². The van der Waals surface area contributed by atoms with Crippen molar-refractivity contribution in [1.82, 2.24) is 10.2 Å². The lowest BCUT2D eigenvalue weighted by Crippen LogP contribution is -2.53. The zero-order chi connectivity index (χ0) is 27.2. The van der Waals surface area contributed by atoms with Gasteiger partial charge in [0.25, 0.3) is 0 Å². The molecular weight excluding hydrogens is 589 g/mol. The quantitative estimate of drug-likeness (QED) is 0.357. The van der Waals surface area contributed by atoms with Gasteiger partial charge in [0.1, 0.15) is 12.6 Å². The van der Waals surface area contributed by atoms with E-state index in [-0.39, 0.29) is 18.5 Å². The number of nitrogens with one attached hydrogen (secondary N) is 1. The highest BCUT2D eigenvalue weighted by molar-refractivity contribution is 9.10.